The number of rotatable bonds is 4. The Bertz CT molecular complexity index is 719. The molecule has 0 unspecified atom stereocenters. The Morgan fingerprint density at radius 3 is 2.54 bits per heavy atom. The molecule has 126 valence electrons. The summed E-state index contributed by atoms with van der Waals surface area (Å²) in [4.78, 5) is 2.50. The van der Waals surface area contributed by atoms with Crippen LogP contribution in [0.25, 0.3) is 0 Å². The van der Waals surface area contributed by atoms with E-state index in [0.717, 1.165) is 43.3 Å². The van der Waals surface area contributed by atoms with E-state index in [4.69, 9.17) is 11.6 Å². The lowest BCUT2D eigenvalue weighted by molar-refractivity contribution is 0.131. The van der Waals surface area contributed by atoms with Crippen LogP contribution < -0.4 is 0 Å². The Balaban J connectivity index is 1.52. The SMILES string of the molecule is Cc1ccc(CN2CCN(/N=C\c3cccc(Cl)c3)CC2)c(C)c1. The highest BCUT2D eigenvalue weighted by molar-refractivity contribution is 6.30. The summed E-state index contributed by atoms with van der Waals surface area (Å²) in [6.07, 6.45) is 1.89. The van der Waals surface area contributed by atoms with Gasteiger partial charge in [0.15, 0.2) is 0 Å². The Hall–Kier alpha value is -1.84. The molecule has 4 heteroatoms. The second kappa shape index (κ2) is 7.82. The number of nitrogens with zero attached hydrogens (tertiary/aromatic N) is 3. The van der Waals surface area contributed by atoms with Gasteiger partial charge in [0.25, 0.3) is 0 Å². The molecule has 3 nitrogen and oxygen atoms in total. The summed E-state index contributed by atoms with van der Waals surface area (Å²) < 4.78 is 0. The van der Waals surface area contributed by atoms with Crippen molar-refractivity contribution in [2.45, 2.75) is 20.4 Å². The monoisotopic (exact) mass is 341 g/mol. The van der Waals surface area contributed by atoms with Crippen molar-refractivity contribution >= 4 is 17.8 Å². The Morgan fingerprint density at radius 1 is 1.04 bits per heavy atom. The normalized spacial score (nSPS) is 16.0. The van der Waals surface area contributed by atoms with Crippen LogP contribution in [0, 0.1) is 13.8 Å². The van der Waals surface area contributed by atoms with E-state index >= 15 is 0 Å². The molecule has 24 heavy (non-hydrogen) atoms. The molecule has 0 radical (unpaired) electrons. The van der Waals surface area contributed by atoms with Crippen molar-refractivity contribution in [2.75, 3.05) is 26.2 Å². The average molecular weight is 342 g/mol. The lowest BCUT2D eigenvalue weighted by Crippen LogP contribution is -2.43. The maximum atomic E-state index is 6.00. The van der Waals surface area contributed by atoms with Gasteiger partial charge in [-0.2, -0.15) is 5.10 Å². The van der Waals surface area contributed by atoms with Crippen molar-refractivity contribution < 1.29 is 0 Å². The molecule has 0 aliphatic carbocycles. The highest BCUT2D eigenvalue weighted by Gasteiger charge is 2.16. The molecule has 0 atom stereocenters. The molecular formula is C20H24ClN3. The van der Waals surface area contributed by atoms with Gasteiger partial charge in [-0.25, -0.2) is 0 Å². The van der Waals surface area contributed by atoms with Crippen molar-refractivity contribution in [1.82, 2.24) is 9.91 Å². The topological polar surface area (TPSA) is 18.8 Å². The molecule has 0 bridgehead atoms. The number of hydrazone groups is 1. The Morgan fingerprint density at radius 2 is 1.83 bits per heavy atom. The summed E-state index contributed by atoms with van der Waals surface area (Å²) in [5, 5.41) is 7.47. The molecule has 0 amide bonds. The second-order valence-electron chi connectivity index (χ2n) is 6.46. The van der Waals surface area contributed by atoms with Gasteiger partial charge in [0.05, 0.1) is 6.21 Å². The molecule has 0 saturated carbocycles. The first kappa shape index (κ1) is 17.0. The molecule has 2 aromatic carbocycles. The molecule has 1 aliphatic heterocycles. The molecule has 0 aromatic heterocycles. The summed E-state index contributed by atoms with van der Waals surface area (Å²) in [5.74, 6) is 0. The highest BCUT2D eigenvalue weighted by atomic mass is 35.5. The second-order valence-corrected chi connectivity index (χ2v) is 6.90. The van der Waals surface area contributed by atoms with Crippen LogP contribution in [0.3, 0.4) is 0 Å². The predicted octanol–water partition coefficient (Wildman–Crippen LogP) is 4.11. The number of hydrogen-bond donors (Lipinski definition) is 0. The van der Waals surface area contributed by atoms with Gasteiger partial charge in [-0.1, -0.05) is 47.5 Å². The molecular weight excluding hydrogens is 318 g/mol. The number of benzene rings is 2. The molecule has 1 saturated heterocycles. The van der Waals surface area contributed by atoms with Gasteiger partial charge >= 0.3 is 0 Å². The fourth-order valence-electron chi connectivity index (χ4n) is 3.01. The van der Waals surface area contributed by atoms with E-state index in [1.807, 2.05) is 30.5 Å². The third-order valence-corrected chi connectivity index (χ3v) is 4.69. The van der Waals surface area contributed by atoms with Crippen molar-refractivity contribution in [3.05, 3.63) is 69.7 Å². The summed E-state index contributed by atoms with van der Waals surface area (Å²) in [6, 6.07) is 14.5. The van der Waals surface area contributed by atoms with E-state index in [1.54, 1.807) is 0 Å². The minimum absolute atomic E-state index is 0.747. The lowest BCUT2D eigenvalue weighted by Gasteiger charge is -2.33. The maximum Gasteiger partial charge on any atom is 0.0543 e. The largest absolute Gasteiger partial charge is 0.295 e. The zero-order chi connectivity index (χ0) is 16.9. The van der Waals surface area contributed by atoms with Crippen molar-refractivity contribution in [3.8, 4) is 0 Å². The minimum Gasteiger partial charge on any atom is -0.295 e. The van der Waals surface area contributed by atoms with E-state index in [1.165, 1.54) is 16.7 Å². The summed E-state index contributed by atoms with van der Waals surface area (Å²) in [5.41, 5.74) is 5.18. The first-order valence-electron chi connectivity index (χ1n) is 8.43. The van der Waals surface area contributed by atoms with Gasteiger partial charge in [0, 0.05) is 37.7 Å². The van der Waals surface area contributed by atoms with Crippen LogP contribution in [0.1, 0.15) is 22.3 Å². The van der Waals surface area contributed by atoms with E-state index in [2.05, 4.69) is 47.1 Å². The van der Waals surface area contributed by atoms with Crippen LogP contribution in [0.2, 0.25) is 5.02 Å². The lowest BCUT2D eigenvalue weighted by atomic mass is 10.1. The fourth-order valence-corrected chi connectivity index (χ4v) is 3.21. The van der Waals surface area contributed by atoms with Crippen molar-refractivity contribution in [1.29, 1.82) is 0 Å². The Kier molecular flexibility index (Phi) is 5.54. The van der Waals surface area contributed by atoms with Crippen molar-refractivity contribution in [3.63, 3.8) is 0 Å². The van der Waals surface area contributed by atoms with Gasteiger partial charge in [-0.05, 0) is 42.7 Å². The van der Waals surface area contributed by atoms with Gasteiger partial charge < -0.3 is 0 Å². The predicted molar refractivity (Wildman–Crippen MR) is 102 cm³/mol. The third-order valence-electron chi connectivity index (χ3n) is 4.46. The number of hydrogen-bond acceptors (Lipinski definition) is 3. The smallest absolute Gasteiger partial charge is 0.0543 e. The first-order chi connectivity index (χ1) is 11.6. The van der Waals surface area contributed by atoms with Gasteiger partial charge in [-0.3, -0.25) is 9.91 Å². The highest BCUT2D eigenvalue weighted by Crippen LogP contribution is 2.15. The summed E-state index contributed by atoms with van der Waals surface area (Å²) in [6.45, 7) is 9.38. The standard InChI is InChI=1S/C20H24ClN3/c1-16-6-7-19(17(2)12-16)15-23-8-10-24(11-9-23)22-14-18-4-3-5-20(21)13-18/h3-7,12-14H,8-11,15H2,1-2H3/b22-14-. The van der Waals surface area contributed by atoms with E-state index < -0.39 is 0 Å². The van der Waals surface area contributed by atoms with Gasteiger partial charge in [0.2, 0.25) is 0 Å². The molecule has 1 aliphatic rings. The quantitative estimate of drug-likeness (QED) is 0.779. The van der Waals surface area contributed by atoms with Crippen LogP contribution in [0.5, 0.6) is 0 Å². The molecule has 1 heterocycles. The first-order valence-corrected chi connectivity index (χ1v) is 8.81. The van der Waals surface area contributed by atoms with Gasteiger partial charge in [-0.15, -0.1) is 0 Å². The van der Waals surface area contributed by atoms with Crippen LogP contribution in [-0.4, -0.2) is 42.3 Å². The van der Waals surface area contributed by atoms with Crippen LogP contribution in [0.4, 0.5) is 0 Å². The summed E-state index contributed by atoms with van der Waals surface area (Å²) in [7, 11) is 0. The van der Waals surface area contributed by atoms with Crippen LogP contribution in [0.15, 0.2) is 47.6 Å². The maximum absolute atomic E-state index is 6.00. The molecule has 3 rings (SSSR count). The zero-order valence-corrected chi connectivity index (χ0v) is 15.1. The van der Waals surface area contributed by atoms with Crippen molar-refractivity contribution in [2.24, 2.45) is 5.10 Å². The minimum atomic E-state index is 0.747. The Labute approximate surface area is 149 Å². The molecule has 0 N–H and O–H groups in total. The van der Waals surface area contributed by atoms with E-state index in [0.29, 0.717) is 0 Å². The number of halogens is 1. The van der Waals surface area contributed by atoms with E-state index in [-0.39, 0.29) is 0 Å². The average Bonchev–Trinajstić information content (AvgIpc) is 2.57. The summed E-state index contributed by atoms with van der Waals surface area (Å²) >= 11 is 6.00. The molecule has 1 fully saturated rings. The zero-order valence-electron chi connectivity index (χ0n) is 14.4. The number of piperazine rings is 1. The molecule has 0 spiro atoms. The molecule has 2 aromatic rings. The third kappa shape index (κ3) is 4.59. The van der Waals surface area contributed by atoms with E-state index in [9.17, 15) is 0 Å². The van der Waals surface area contributed by atoms with Gasteiger partial charge in [0.1, 0.15) is 0 Å². The fraction of sp³-hybridized carbons (Fsp3) is 0.350. The van der Waals surface area contributed by atoms with Crippen LogP contribution >= 0.6 is 11.6 Å². The number of aryl methyl sites for hydroxylation is 2. The van der Waals surface area contributed by atoms with Crippen LogP contribution in [-0.2, 0) is 6.54 Å².